The molecule has 1 aromatic carbocycles. The summed E-state index contributed by atoms with van der Waals surface area (Å²) in [5, 5.41) is 6.53. The third-order valence-electron chi connectivity index (χ3n) is 4.82. The number of esters is 1. The number of benzene rings is 1. The lowest BCUT2D eigenvalue weighted by Gasteiger charge is -2.32. The minimum absolute atomic E-state index is 0.134. The molecular weight excluding hydrogens is 360 g/mol. The molecule has 1 atom stereocenters. The van der Waals surface area contributed by atoms with E-state index in [4.69, 9.17) is 4.74 Å². The van der Waals surface area contributed by atoms with Crippen LogP contribution in [0.3, 0.4) is 0 Å². The van der Waals surface area contributed by atoms with Crippen LogP contribution < -0.4 is 10.6 Å². The van der Waals surface area contributed by atoms with Gasteiger partial charge in [-0.15, -0.1) is 0 Å². The van der Waals surface area contributed by atoms with E-state index < -0.39 is 5.97 Å². The van der Waals surface area contributed by atoms with E-state index in [0.717, 1.165) is 23.7 Å². The van der Waals surface area contributed by atoms with Gasteiger partial charge in [-0.05, 0) is 37.8 Å². The van der Waals surface area contributed by atoms with E-state index in [1.807, 2.05) is 30.3 Å². The van der Waals surface area contributed by atoms with Crippen LogP contribution in [0.5, 0.6) is 0 Å². The third-order valence-corrected chi connectivity index (χ3v) is 4.82. The Balaban J connectivity index is 1.47. The number of fused-ring (bicyclic) bond motifs is 1. The molecule has 3 amide bonds. The Labute approximate surface area is 163 Å². The maximum Gasteiger partial charge on any atom is 0.325 e. The second-order valence-corrected chi connectivity index (χ2v) is 6.90. The predicted octanol–water partition coefficient (Wildman–Crippen LogP) is 1.88. The van der Waals surface area contributed by atoms with Gasteiger partial charge in [-0.2, -0.15) is 0 Å². The highest BCUT2D eigenvalue weighted by Gasteiger charge is 2.24. The number of urea groups is 1. The summed E-state index contributed by atoms with van der Waals surface area (Å²) in [6, 6.07) is 9.29. The number of ether oxygens (including phenoxy) is 1. The second-order valence-electron chi connectivity index (χ2n) is 6.90. The minimum Gasteiger partial charge on any atom is -0.465 e. The molecule has 0 radical (unpaired) electrons. The van der Waals surface area contributed by atoms with Gasteiger partial charge in [-0.25, -0.2) is 4.79 Å². The van der Waals surface area contributed by atoms with Crippen LogP contribution >= 0.6 is 0 Å². The molecule has 1 aliphatic rings. The molecule has 0 unspecified atom stereocenters. The van der Waals surface area contributed by atoms with Crippen molar-refractivity contribution in [1.29, 1.82) is 0 Å². The number of carbonyl (C=O) groups excluding carboxylic acids is 3. The maximum absolute atomic E-state index is 12.4. The number of aromatic amines is 1. The maximum atomic E-state index is 12.4. The predicted molar refractivity (Wildman–Crippen MR) is 105 cm³/mol. The summed E-state index contributed by atoms with van der Waals surface area (Å²) in [6.45, 7) is 3.55. The van der Waals surface area contributed by atoms with Gasteiger partial charge in [-0.1, -0.05) is 18.2 Å². The molecule has 2 aromatic rings. The number of amides is 3. The lowest BCUT2D eigenvalue weighted by Crippen LogP contribution is -2.48. The van der Waals surface area contributed by atoms with E-state index in [0.29, 0.717) is 25.3 Å². The number of nitrogens with one attached hydrogen (secondary N) is 3. The first-order chi connectivity index (χ1) is 13.6. The van der Waals surface area contributed by atoms with Gasteiger partial charge in [-0.3, -0.25) is 9.59 Å². The number of hydrogen-bond acceptors (Lipinski definition) is 4. The quantitative estimate of drug-likeness (QED) is 0.660. The highest BCUT2D eigenvalue weighted by molar-refractivity contribution is 5.97. The summed E-state index contributed by atoms with van der Waals surface area (Å²) in [4.78, 5) is 40.8. The van der Waals surface area contributed by atoms with Gasteiger partial charge in [0, 0.05) is 30.5 Å². The van der Waals surface area contributed by atoms with Crippen molar-refractivity contribution in [1.82, 2.24) is 20.5 Å². The average Bonchev–Trinajstić information content (AvgIpc) is 3.15. The number of hydrogen-bond donors (Lipinski definition) is 3. The molecule has 0 spiro atoms. The molecule has 8 nitrogen and oxygen atoms in total. The summed E-state index contributed by atoms with van der Waals surface area (Å²) < 4.78 is 4.81. The van der Waals surface area contributed by atoms with Gasteiger partial charge in [0.25, 0.3) is 5.91 Å². The van der Waals surface area contributed by atoms with Gasteiger partial charge in [0.2, 0.25) is 0 Å². The van der Waals surface area contributed by atoms with Gasteiger partial charge >= 0.3 is 12.0 Å². The monoisotopic (exact) mass is 386 g/mol. The third kappa shape index (κ3) is 5.03. The van der Waals surface area contributed by atoms with Crippen LogP contribution in [0, 0.1) is 5.92 Å². The van der Waals surface area contributed by atoms with E-state index in [1.165, 1.54) is 0 Å². The fourth-order valence-electron chi connectivity index (χ4n) is 3.42. The molecule has 0 bridgehead atoms. The molecule has 150 valence electrons. The molecule has 1 aromatic heterocycles. The Kier molecular flexibility index (Phi) is 6.52. The average molecular weight is 386 g/mol. The number of carbonyl (C=O) groups is 3. The Morgan fingerprint density at radius 2 is 2.07 bits per heavy atom. The minimum atomic E-state index is -0.449. The van der Waals surface area contributed by atoms with Crippen LogP contribution in [0.4, 0.5) is 4.79 Å². The summed E-state index contributed by atoms with van der Waals surface area (Å²) in [5.41, 5.74) is 1.45. The number of aromatic nitrogens is 1. The Hall–Kier alpha value is -3.03. The highest BCUT2D eigenvalue weighted by atomic mass is 16.5. The smallest absolute Gasteiger partial charge is 0.325 e. The zero-order chi connectivity index (χ0) is 19.9. The molecular formula is C20H26N4O4. The van der Waals surface area contributed by atoms with Crippen molar-refractivity contribution in [3.63, 3.8) is 0 Å². The van der Waals surface area contributed by atoms with E-state index in [1.54, 1.807) is 11.8 Å². The fourth-order valence-corrected chi connectivity index (χ4v) is 3.42. The summed E-state index contributed by atoms with van der Waals surface area (Å²) in [7, 11) is 0. The second kappa shape index (κ2) is 9.25. The molecule has 3 rings (SSSR count). The molecule has 1 saturated heterocycles. The molecule has 1 fully saturated rings. The number of piperidine rings is 1. The number of rotatable bonds is 6. The molecule has 8 heteroatoms. The zero-order valence-electron chi connectivity index (χ0n) is 16.0. The Morgan fingerprint density at radius 1 is 1.25 bits per heavy atom. The molecule has 2 heterocycles. The zero-order valence-corrected chi connectivity index (χ0v) is 16.0. The van der Waals surface area contributed by atoms with E-state index in [-0.39, 0.29) is 31.0 Å². The van der Waals surface area contributed by atoms with Crippen molar-refractivity contribution in [2.45, 2.75) is 19.8 Å². The van der Waals surface area contributed by atoms with Gasteiger partial charge < -0.3 is 25.3 Å². The standard InChI is InChI=1S/C20H26N4O4/c1-2-28-18(25)12-22-20(27)24-9-5-6-14(13-24)11-21-19(26)17-10-15-7-3-4-8-16(15)23-17/h3-4,7-8,10,14,23H,2,5-6,9,11-13H2,1H3,(H,21,26)(H,22,27)/t14-/m1/s1. The molecule has 28 heavy (non-hydrogen) atoms. The van der Waals surface area contributed by atoms with E-state index >= 15 is 0 Å². The molecule has 0 aliphatic carbocycles. The van der Waals surface area contributed by atoms with Crippen LogP contribution in [-0.2, 0) is 9.53 Å². The normalized spacial score (nSPS) is 16.6. The lowest BCUT2D eigenvalue weighted by molar-refractivity contribution is -0.141. The van der Waals surface area contributed by atoms with Crippen LogP contribution in [0.1, 0.15) is 30.3 Å². The molecule has 3 N–H and O–H groups in total. The van der Waals surface area contributed by atoms with Crippen molar-refractivity contribution in [2.75, 3.05) is 32.8 Å². The molecule has 0 saturated carbocycles. The van der Waals surface area contributed by atoms with E-state index in [9.17, 15) is 14.4 Å². The number of para-hydroxylation sites is 1. The van der Waals surface area contributed by atoms with Crippen molar-refractivity contribution in [3.05, 3.63) is 36.0 Å². The number of nitrogens with zero attached hydrogens (tertiary/aromatic N) is 1. The van der Waals surface area contributed by atoms with Gasteiger partial charge in [0.05, 0.1) is 6.61 Å². The van der Waals surface area contributed by atoms with Crippen LogP contribution in [0.25, 0.3) is 10.9 Å². The van der Waals surface area contributed by atoms with Crippen molar-refractivity contribution in [3.8, 4) is 0 Å². The van der Waals surface area contributed by atoms with Crippen molar-refractivity contribution in [2.24, 2.45) is 5.92 Å². The first kappa shape index (κ1) is 19.7. The lowest BCUT2D eigenvalue weighted by atomic mass is 9.98. The first-order valence-corrected chi connectivity index (χ1v) is 9.61. The van der Waals surface area contributed by atoms with Crippen LogP contribution in [0.2, 0.25) is 0 Å². The van der Waals surface area contributed by atoms with Crippen LogP contribution in [0.15, 0.2) is 30.3 Å². The summed E-state index contributed by atoms with van der Waals surface area (Å²) >= 11 is 0. The van der Waals surface area contributed by atoms with E-state index in [2.05, 4.69) is 15.6 Å². The highest BCUT2D eigenvalue weighted by Crippen LogP contribution is 2.17. The largest absolute Gasteiger partial charge is 0.465 e. The Bertz CT molecular complexity index is 815. The number of likely N-dealkylation sites (tertiary alicyclic amines) is 1. The van der Waals surface area contributed by atoms with Crippen molar-refractivity contribution < 1.29 is 19.1 Å². The number of H-pyrrole nitrogens is 1. The van der Waals surface area contributed by atoms with Gasteiger partial charge in [0.1, 0.15) is 12.2 Å². The molecule has 1 aliphatic heterocycles. The first-order valence-electron chi connectivity index (χ1n) is 9.61. The topological polar surface area (TPSA) is 104 Å². The van der Waals surface area contributed by atoms with Crippen molar-refractivity contribution >= 4 is 28.8 Å². The summed E-state index contributed by atoms with van der Waals surface area (Å²) in [6.07, 6.45) is 1.80. The Morgan fingerprint density at radius 3 is 2.86 bits per heavy atom. The summed E-state index contributed by atoms with van der Waals surface area (Å²) in [5.74, 6) is -0.425. The van der Waals surface area contributed by atoms with Gasteiger partial charge in [0.15, 0.2) is 0 Å². The SMILES string of the molecule is CCOC(=O)CNC(=O)N1CCC[C@H](CNC(=O)c2cc3ccccc3[nH]2)C1. The van der Waals surface area contributed by atoms with Crippen LogP contribution in [-0.4, -0.2) is 60.6 Å². The fraction of sp³-hybridized carbons (Fsp3) is 0.450.